The van der Waals surface area contributed by atoms with Crippen LogP contribution in [0.3, 0.4) is 0 Å². The monoisotopic (exact) mass is 468 g/mol. The first kappa shape index (κ1) is 23.1. The molecule has 1 aliphatic rings. The lowest BCUT2D eigenvalue weighted by molar-refractivity contribution is -0.142. The highest BCUT2D eigenvalue weighted by atomic mass is 19.2. The molecule has 10 heteroatoms. The van der Waals surface area contributed by atoms with E-state index in [1.165, 1.54) is 29.1 Å². The number of amides is 1. The van der Waals surface area contributed by atoms with Gasteiger partial charge in [0, 0.05) is 30.3 Å². The second-order valence-corrected chi connectivity index (χ2v) is 8.05. The number of aryl methyl sites for hydroxylation is 1. The molecule has 4 rings (SSSR count). The zero-order valence-corrected chi connectivity index (χ0v) is 18.0. The van der Waals surface area contributed by atoms with Crippen LogP contribution < -0.4 is 5.32 Å². The smallest absolute Gasteiger partial charge is 0.306 e. The molecule has 2 heterocycles. The van der Waals surface area contributed by atoms with Crippen molar-refractivity contribution in [3.63, 3.8) is 0 Å². The number of nitrogens with one attached hydrogen (secondary N) is 1. The van der Waals surface area contributed by atoms with Crippen molar-refractivity contribution in [3.05, 3.63) is 77.4 Å². The highest BCUT2D eigenvalue weighted by Gasteiger charge is 2.29. The molecule has 0 aliphatic heterocycles. The van der Waals surface area contributed by atoms with Gasteiger partial charge in [-0.2, -0.15) is 5.10 Å². The number of carboxylic acids is 1. The summed E-state index contributed by atoms with van der Waals surface area (Å²) in [6, 6.07) is 6.89. The number of hydrogen-bond donors (Lipinski definition) is 3. The number of benzene rings is 1. The fourth-order valence-corrected chi connectivity index (χ4v) is 3.93. The SMILES string of the molecule is O=C(CCc1cnn(-c2ccc(O)cn2)c1)NC1=C(c2cccc(F)c2F)CCC(C(=O)O)C1. The van der Waals surface area contributed by atoms with Gasteiger partial charge >= 0.3 is 5.97 Å². The van der Waals surface area contributed by atoms with E-state index in [1.54, 1.807) is 18.5 Å². The fourth-order valence-electron chi connectivity index (χ4n) is 3.93. The van der Waals surface area contributed by atoms with Crippen molar-refractivity contribution in [1.29, 1.82) is 0 Å². The standard InChI is InChI=1S/C24H22F2N4O4/c25-19-3-1-2-18(23(19)26)17-7-5-15(24(33)34)10-20(17)29-22(32)9-4-14-11-28-30(13-14)21-8-6-16(31)12-27-21/h1-3,6,8,11-13,15,31H,4-5,7,9-10H2,(H,29,32)(H,33,34). The summed E-state index contributed by atoms with van der Waals surface area (Å²) in [5, 5.41) is 25.7. The number of aromatic nitrogens is 3. The number of rotatable bonds is 7. The molecule has 1 atom stereocenters. The van der Waals surface area contributed by atoms with Crippen molar-refractivity contribution < 1.29 is 28.6 Å². The Balaban J connectivity index is 1.48. The Bertz CT molecular complexity index is 1250. The van der Waals surface area contributed by atoms with Gasteiger partial charge in [0.25, 0.3) is 0 Å². The molecule has 3 aromatic rings. The minimum absolute atomic E-state index is 0.0246. The average molecular weight is 468 g/mol. The Morgan fingerprint density at radius 3 is 2.74 bits per heavy atom. The molecule has 0 bridgehead atoms. The summed E-state index contributed by atoms with van der Waals surface area (Å²) in [6.45, 7) is 0. The zero-order valence-electron chi connectivity index (χ0n) is 18.0. The Labute approximate surface area is 193 Å². The van der Waals surface area contributed by atoms with E-state index in [4.69, 9.17) is 0 Å². The number of carboxylic acid groups (broad SMARTS) is 1. The first-order valence-electron chi connectivity index (χ1n) is 10.7. The lowest BCUT2D eigenvalue weighted by atomic mass is 9.84. The van der Waals surface area contributed by atoms with Crippen LogP contribution >= 0.6 is 0 Å². The van der Waals surface area contributed by atoms with E-state index in [0.717, 1.165) is 11.6 Å². The molecule has 1 aliphatic carbocycles. The number of hydrogen-bond acceptors (Lipinski definition) is 5. The van der Waals surface area contributed by atoms with Gasteiger partial charge in [0.1, 0.15) is 5.75 Å². The maximum Gasteiger partial charge on any atom is 0.306 e. The first-order valence-corrected chi connectivity index (χ1v) is 10.7. The maximum absolute atomic E-state index is 14.4. The third-order valence-electron chi connectivity index (χ3n) is 5.72. The molecule has 0 spiro atoms. The molecule has 176 valence electrons. The van der Waals surface area contributed by atoms with Gasteiger partial charge in [-0.3, -0.25) is 9.59 Å². The molecule has 34 heavy (non-hydrogen) atoms. The third kappa shape index (κ3) is 5.11. The van der Waals surface area contributed by atoms with Gasteiger partial charge in [-0.15, -0.1) is 0 Å². The molecule has 0 radical (unpaired) electrons. The molecular formula is C24H22F2N4O4. The highest BCUT2D eigenvalue weighted by Crippen LogP contribution is 2.36. The maximum atomic E-state index is 14.4. The topological polar surface area (TPSA) is 117 Å². The number of halogens is 2. The molecule has 1 unspecified atom stereocenters. The van der Waals surface area contributed by atoms with Crippen LogP contribution in [0, 0.1) is 17.6 Å². The van der Waals surface area contributed by atoms with Crippen molar-refractivity contribution in [3.8, 4) is 11.6 Å². The number of aromatic hydroxyl groups is 1. The van der Waals surface area contributed by atoms with Crippen molar-refractivity contribution in [1.82, 2.24) is 20.1 Å². The lowest BCUT2D eigenvalue weighted by Crippen LogP contribution is -2.30. The zero-order chi connectivity index (χ0) is 24.2. The molecule has 1 amide bonds. The minimum atomic E-state index is -1.02. The van der Waals surface area contributed by atoms with Crippen LogP contribution in [0.5, 0.6) is 5.75 Å². The van der Waals surface area contributed by atoms with Gasteiger partial charge in [-0.05, 0) is 48.6 Å². The summed E-state index contributed by atoms with van der Waals surface area (Å²) in [5.41, 5.74) is 1.51. The van der Waals surface area contributed by atoms with Gasteiger partial charge < -0.3 is 15.5 Å². The largest absolute Gasteiger partial charge is 0.506 e. The lowest BCUT2D eigenvalue weighted by Gasteiger charge is -2.26. The van der Waals surface area contributed by atoms with Crippen LogP contribution in [-0.4, -0.2) is 36.9 Å². The molecular weight excluding hydrogens is 446 g/mol. The van der Waals surface area contributed by atoms with Crippen LogP contribution in [0.25, 0.3) is 11.4 Å². The van der Waals surface area contributed by atoms with Gasteiger partial charge in [0.05, 0.1) is 18.3 Å². The van der Waals surface area contributed by atoms with E-state index in [2.05, 4.69) is 15.4 Å². The van der Waals surface area contributed by atoms with Crippen LogP contribution in [0.15, 0.2) is 54.6 Å². The summed E-state index contributed by atoms with van der Waals surface area (Å²) < 4.78 is 29.7. The summed E-state index contributed by atoms with van der Waals surface area (Å²) in [5.74, 6) is -3.57. The summed E-state index contributed by atoms with van der Waals surface area (Å²) in [4.78, 5) is 28.2. The molecule has 0 saturated carbocycles. The van der Waals surface area contributed by atoms with E-state index in [9.17, 15) is 28.6 Å². The van der Waals surface area contributed by atoms with Crippen LogP contribution in [-0.2, 0) is 16.0 Å². The predicted octanol–water partition coefficient (Wildman–Crippen LogP) is 3.60. The molecule has 0 saturated heterocycles. The van der Waals surface area contributed by atoms with Crippen molar-refractivity contribution in [2.24, 2.45) is 5.92 Å². The number of carbonyl (C=O) groups is 2. The normalized spacial score (nSPS) is 15.9. The quantitative estimate of drug-likeness (QED) is 0.488. The van der Waals surface area contributed by atoms with Crippen molar-refractivity contribution in [2.75, 3.05) is 0 Å². The Morgan fingerprint density at radius 2 is 2.00 bits per heavy atom. The number of aliphatic carboxylic acids is 1. The Kier molecular flexibility index (Phi) is 6.67. The van der Waals surface area contributed by atoms with Gasteiger partial charge in [-0.1, -0.05) is 12.1 Å². The van der Waals surface area contributed by atoms with E-state index in [1.807, 2.05) is 0 Å². The molecule has 3 N–H and O–H groups in total. The number of nitrogens with zero attached hydrogens (tertiary/aromatic N) is 3. The van der Waals surface area contributed by atoms with E-state index in [0.29, 0.717) is 23.5 Å². The van der Waals surface area contributed by atoms with E-state index >= 15 is 0 Å². The molecule has 2 aromatic heterocycles. The van der Waals surface area contributed by atoms with E-state index in [-0.39, 0.29) is 42.9 Å². The van der Waals surface area contributed by atoms with Crippen molar-refractivity contribution >= 4 is 17.4 Å². The molecule has 1 aromatic carbocycles. The molecule has 8 nitrogen and oxygen atoms in total. The number of pyridine rings is 1. The Hall–Kier alpha value is -4.08. The second kappa shape index (κ2) is 9.82. The number of carbonyl (C=O) groups excluding carboxylic acids is 1. The van der Waals surface area contributed by atoms with Crippen molar-refractivity contribution in [2.45, 2.75) is 32.1 Å². The van der Waals surface area contributed by atoms with Crippen LogP contribution in [0.1, 0.15) is 36.8 Å². The Morgan fingerprint density at radius 1 is 1.18 bits per heavy atom. The van der Waals surface area contributed by atoms with Gasteiger partial charge in [0.2, 0.25) is 5.91 Å². The fraction of sp³-hybridized carbons (Fsp3) is 0.250. The third-order valence-corrected chi connectivity index (χ3v) is 5.72. The van der Waals surface area contributed by atoms with Gasteiger partial charge in [0.15, 0.2) is 17.5 Å². The predicted molar refractivity (Wildman–Crippen MR) is 118 cm³/mol. The molecule has 0 fully saturated rings. The summed E-state index contributed by atoms with van der Waals surface area (Å²) in [6.07, 6.45) is 5.53. The van der Waals surface area contributed by atoms with E-state index < -0.39 is 23.5 Å². The van der Waals surface area contributed by atoms with Crippen LogP contribution in [0.2, 0.25) is 0 Å². The summed E-state index contributed by atoms with van der Waals surface area (Å²) >= 11 is 0. The minimum Gasteiger partial charge on any atom is -0.506 e. The van der Waals surface area contributed by atoms with Gasteiger partial charge in [-0.25, -0.2) is 18.4 Å². The average Bonchev–Trinajstić information content (AvgIpc) is 3.29. The summed E-state index contributed by atoms with van der Waals surface area (Å²) in [7, 11) is 0. The number of allylic oxidation sites excluding steroid dienone is 2. The highest BCUT2D eigenvalue weighted by molar-refractivity contribution is 5.83. The second-order valence-electron chi connectivity index (χ2n) is 8.05. The first-order chi connectivity index (χ1) is 16.3. The van der Waals surface area contributed by atoms with Crippen LogP contribution in [0.4, 0.5) is 8.78 Å².